The minimum Gasteiger partial charge on any atom is -0.507 e. The third-order valence-electron chi connectivity index (χ3n) is 5.35. The van der Waals surface area contributed by atoms with Crippen LogP contribution in [0.3, 0.4) is 0 Å². The van der Waals surface area contributed by atoms with Gasteiger partial charge in [0.05, 0.1) is 17.9 Å². The number of phenols is 1. The van der Waals surface area contributed by atoms with Gasteiger partial charge < -0.3 is 9.84 Å². The molecule has 0 radical (unpaired) electrons. The summed E-state index contributed by atoms with van der Waals surface area (Å²) in [6.07, 6.45) is 0.879. The largest absolute Gasteiger partial charge is 0.507 e. The van der Waals surface area contributed by atoms with Crippen molar-refractivity contribution in [3.05, 3.63) is 84.9 Å². The maximum absolute atomic E-state index is 10.4. The molecule has 0 atom stereocenters. The molecule has 0 saturated heterocycles. The summed E-state index contributed by atoms with van der Waals surface area (Å²) in [7, 11) is 0. The molecule has 0 saturated carbocycles. The highest BCUT2D eigenvalue weighted by molar-refractivity contribution is 6.13. The van der Waals surface area contributed by atoms with Gasteiger partial charge >= 0.3 is 0 Å². The van der Waals surface area contributed by atoms with E-state index >= 15 is 0 Å². The molecule has 0 aliphatic carbocycles. The molecule has 5 aromatic rings. The van der Waals surface area contributed by atoms with Gasteiger partial charge in [0.25, 0.3) is 0 Å². The molecule has 0 aliphatic heterocycles. The summed E-state index contributed by atoms with van der Waals surface area (Å²) in [5.74, 6) is 1.09. The number of hydrogen-bond acceptors (Lipinski definition) is 4. The molecule has 0 bridgehead atoms. The van der Waals surface area contributed by atoms with Crippen molar-refractivity contribution in [1.82, 2.24) is 9.97 Å². The smallest absolute Gasteiger partial charge is 0.217 e. The Morgan fingerprint density at radius 2 is 1.45 bits per heavy atom. The number of aromatic hydroxyl groups is 1. The van der Waals surface area contributed by atoms with Crippen molar-refractivity contribution >= 4 is 21.5 Å². The zero-order valence-corrected chi connectivity index (χ0v) is 17.2. The van der Waals surface area contributed by atoms with Gasteiger partial charge in [0.2, 0.25) is 5.88 Å². The summed E-state index contributed by atoms with van der Waals surface area (Å²) in [6, 6.07) is 27.9. The molecule has 4 aromatic carbocycles. The molecular weight excluding hydrogens is 384 g/mol. The summed E-state index contributed by atoms with van der Waals surface area (Å²) in [5, 5.41) is 15.0. The second-order valence-electron chi connectivity index (χ2n) is 7.47. The number of nitrogens with zero attached hydrogens (tertiary/aromatic N) is 2. The van der Waals surface area contributed by atoms with E-state index in [0.717, 1.165) is 28.5 Å². The normalized spacial score (nSPS) is 11.1. The van der Waals surface area contributed by atoms with Crippen molar-refractivity contribution in [1.29, 1.82) is 0 Å². The molecule has 4 heteroatoms. The number of phenolic OH excluding ortho intramolecular Hbond substituents is 1. The molecule has 0 fully saturated rings. The van der Waals surface area contributed by atoms with Crippen molar-refractivity contribution in [2.24, 2.45) is 0 Å². The summed E-state index contributed by atoms with van der Waals surface area (Å²) in [4.78, 5) is 9.43. The number of aromatic nitrogens is 2. The average molecular weight is 406 g/mol. The van der Waals surface area contributed by atoms with Crippen LogP contribution in [-0.4, -0.2) is 21.7 Å². The fourth-order valence-electron chi connectivity index (χ4n) is 3.89. The Hall–Kier alpha value is -3.92. The summed E-state index contributed by atoms with van der Waals surface area (Å²) in [5.41, 5.74) is 2.35. The number of rotatable bonds is 5. The van der Waals surface area contributed by atoms with Gasteiger partial charge in [-0.2, -0.15) is 4.98 Å². The minimum absolute atomic E-state index is 0.143. The Kier molecular flexibility index (Phi) is 4.97. The number of ether oxygens (including phenoxy) is 1. The molecule has 0 unspecified atom stereocenters. The minimum atomic E-state index is 0.143. The Labute approximate surface area is 180 Å². The lowest BCUT2D eigenvalue weighted by Crippen LogP contribution is -2.01. The third kappa shape index (κ3) is 3.57. The van der Waals surface area contributed by atoms with E-state index in [2.05, 4.69) is 54.4 Å². The monoisotopic (exact) mass is 406 g/mol. The van der Waals surface area contributed by atoms with Crippen molar-refractivity contribution in [2.45, 2.75) is 13.3 Å². The fourth-order valence-corrected chi connectivity index (χ4v) is 3.89. The van der Waals surface area contributed by atoms with Crippen LogP contribution in [-0.2, 0) is 0 Å². The van der Waals surface area contributed by atoms with Crippen molar-refractivity contribution < 1.29 is 9.84 Å². The number of hydrogen-bond donors (Lipinski definition) is 1. The third-order valence-corrected chi connectivity index (χ3v) is 5.35. The van der Waals surface area contributed by atoms with Crippen LogP contribution in [0.4, 0.5) is 0 Å². The van der Waals surface area contributed by atoms with E-state index in [9.17, 15) is 5.11 Å². The van der Waals surface area contributed by atoms with E-state index in [0.29, 0.717) is 23.9 Å². The molecule has 1 aromatic heterocycles. The van der Waals surface area contributed by atoms with Crippen molar-refractivity contribution in [3.63, 3.8) is 0 Å². The standard InChI is InChI=1S/C27H22N2O2/c1-2-15-31-26-17-24(28-27(29-26)22-13-7-8-14-25(22)30)23-16-18-9-3-4-10-19(18)20-11-5-6-12-21(20)23/h3-14,16-17,30H,2,15H2,1H3. The van der Waals surface area contributed by atoms with Crippen LogP contribution < -0.4 is 4.74 Å². The highest BCUT2D eigenvalue weighted by atomic mass is 16.5. The number of para-hydroxylation sites is 1. The first-order chi connectivity index (χ1) is 15.2. The highest BCUT2D eigenvalue weighted by Crippen LogP contribution is 2.36. The number of fused-ring (bicyclic) bond motifs is 3. The van der Waals surface area contributed by atoms with E-state index in [-0.39, 0.29) is 5.75 Å². The maximum Gasteiger partial charge on any atom is 0.217 e. The van der Waals surface area contributed by atoms with Crippen LogP contribution in [0.2, 0.25) is 0 Å². The highest BCUT2D eigenvalue weighted by Gasteiger charge is 2.15. The Balaban J connectivity index is 1.79. The molecule has 1 heterocycles. The second-order valence-corrected chi connectivity index (χ2v) is 7.47. The van der Waals surface area contributed by atoms with Crippen molar-refractivity contribution in [3.8, 4) is 34.3 Å². The first-order valence-electron chi connectivity index (χ1n) is 10.5. The van der Waals surface area contributed by atoms with Gasteiger partial charge in [0, 0.05) is 11.6 Å². The SMILES string of the molecule is CCCOc1cc(-c2cc3ccccc3c3ccccc23)nc(-c2ccccc2O)n1. The lowest BCUT2D eigenvalue weighted by molar-refractivity contribution is 0.305. The average Bonchev–Trinajstić information content (AvgIpc) is 2.82. The molecule has 152 valence electrons. The van der Waals surface area contributed by atoms with Crippen LogP contribution in [0, 0.1) is 0 Å². The van der Waals surface area contributed by atoms with Gasteiger partial charge in [-0.15, -0.1) is 0 Å². The number of benzene rings is 4. The Bertz CT molecular complexity index is 1400. The zero-order valence-electron chi connectivity index (χ0n) is 17.2. The van der Waals surface area contributed by atoms with Gasteiger partial charge in [-0.3, -0.25) is 0 Å². The summed E-state index contributed by atoms with van der Waals surface area (Å²) < 4.78 is 5.89. The molecular formula is C27H22N2O2. The molecule has 31 heavy (non-hydrogen) atoms. The first kappa shape index (κ1) is 19.1. The predicted octanol–water partition coefficient (Wildman–Crippen LogP) is 6.61. The molecule has 4 nitrogen and oxygen atoms in total. The quantitative estimate of drug-likeness (QED) is 0.334. The lowest BCUT2D eigenvalue weighted by atomic mass is 9.95. The van der Waals surface area contributed by atoms with E-state index in [1.165, 1.54) is 10.8 Å². The van der Waals surface area contributed by atoms with Gasteiger partial charge in [0.15, 0.2) is 5.82 Å². The Morgan fingerprint density at radius 1 is 0.742 bits per heavy atom. The maximum atomic E-state index is 10.4. The van der Waals surface area contributed by atoms with Crippen LogP contribution in [0.1, 0.15) is 13.3 Å². The molecule has 0 amide bonds. The van der Waals surface area contributed by atoms with Gasteiger partial charge in [-0.05, 0) is 46.2 Å². The van der Waals surface area contributed by atoms with E-state index in [4.69, 9.17) is 9.72 Å². The predicted molar refractivity (Wildman–Crippen MR) is 125 cm³/mol. The van der Waals surface area contributed by atoms with Crippen LogP contribution in [0.5, 0.6) is 11.6 Å². The Morgan fingerprint density at radius 3 is 2.26 bits per heavy atom. The zero-order chi connectivity index (χ0) is 21.2. The second kappa shape index (κ2) is 8.07. The van der Waals surface area contributed by atoms with Gasteiger partial charge in [-0.25, -0.2) is 4.98 Å². The summed E-state index contributed by atoms with van der Waals surface area (Å²) >= 11 is 0. The van der Waals surface area contributed by atoms with E-state index < -0.39 is 0 Å². The van der Waals surface area contributed by atoms with Crippen LogP contribution >= 0.6 is 0 Å². The van der Waals surface area contributed by atoms with Crippen LogP contribution in [0.25, 0.3) is 44.2 Å². The molecule has 0 aliphatic rings. The topological polar surface area (TPSA) is 55.2 Å². The van der Waals surface area contributed by atoms with Gasteiger partial charge in [0.1, 0.15) is 5.75 Å². The van der Waals surface area contributed by atoms with E-state index in [1.54, 1.807) is 12.1 Å². The molecule has 5 rings (SSSR count). The van der Waals surface area contributed by atoms with Crippen molar-refractivity contribution in [2.75, 3.05) is 6.61 Å². The van der Waals surface area contributed by atoms with Crippen LogP contribution in [0.15, 0.2) is 84.9 Å². The molecule has 1 N–H and O–H groups in total. The fraction of sp³-hybridized carbons (Fsp3) is 0.111. The molecule has 0 spiro atoms. The van der Waals surface area contributed by atoms with E-state index in [1.807, 2.05) is 30.3 Å². The first-order valence-corrected chi connectivity index (χ1v) is 10.5. The summed E-state index contributed by atoms with van der Waals surface area (Å²) in [6.45, 7) is 2.62. The lowest BCUT2D eigenvalue weighted by Gasteiger charge is -2.13. The van der Waals surface area contributed by atoms with Gasteiger partial charge in [-0.1, -0.05) is 67.6 Å².